The number of aliphatic imine (C=N–C) groups is 1. The number of H-pyrrole nitrogens is 2. The molecule has 0 spiro atoms. The fourth-order valence-electron chi connectivity index (χ4n) is 2.04. The Labute approximate surface area is 124 Å². The van der Waals surface area contributed by atoms with E-state index in [9.17, 15) is 0 Å². The summed E-state index contributed by atoms with van der Waals surface area (Å²) in [6.45, 7) is 3.48. The number of aromatic nitrogens is 4. The number of nitrogens with zero attached hydrogens (tertiary/aromatic N) is 3. The second-order valence-electron chi connectivity index (χ2n) is 4.97. The third kappa shape index (κ3) is 5.68. The maximum Gasteiger partial charge on any atom is 0.188 e. The van der Waals surface area contributed by atoms with E-state index in [0.29, 0.717) is 5.96 Å². The number of rotatable bonds is 8. The van der Waals surface area contributed by atoms with Gasteiger partial charge in [0.25, 0.3) is 0 Å². The monoisotopic (exact) mass is 289 g/mol. The predicted octanol–water partition coefficient (Wildman–Crippen LogP) is 0.911. The number of aryl methyl sites for hydroxylation is 3. The molecule has 0 fully saturated rings. The predicted molar refractivity (Wildman–Crippen MR) is 83.0 cm³/mol. The lowest BCUT2D eigenvalue weighted by molar-refractivity contribution is 0.749. The standard InChI is InChI=1S/C14H23N7/c1-11-19-9-13(21-11)5-3-7-18-14(15)17-6-2-4-12-8-16-10-20-12/h8-10H,2-7H2,1H3,(H,16,20)(H,19,21)(H3,15,17,18). The van der Waals surface area contributed by atoms with Gasteiger partial charge in [-0.25, -0.2) is 9.97 Å². The number of aromatic amines is 2. The molecule has 0 saturated heterocycles. The molecule has 0 aliphatic heterocycles. The highest BCUT2D eigenvalue weighted by Crippen LogP contribution is 2.00. The molecule has 2 heterocycles. The van der Waals surface area contributed by atoms with Crippen LogP contribution < -0.4 is 11.1 Å². The zero-order valence-electron chi connectivity index (χ0n) is 12.4. The van der Waals surface area contributed by atoms with Crippen LogP contribution >= 0.6 is 0 Å². The van der Waals surface area contributed by atoms with E-state index in [1.54, 1.807) is 6.33 Å². The normalized spacial score (nSPS) is 11.8. The highest BCUT2D eigenvalue weighted by atomic mass is 15.1. The summed E-state index contributed by atoms with van der Waals surface area (Å²) < 4.78 is 0. The Kier molecular flexibility index (Phi) is 5.81. The summed E-state index contributed by atoms with van der Waals surface area (Å²) in [5, 5.41) is 3.12. The van der Waals surface area contributed by atoms with Crippen LogP contribution in [0.1, 0.15) is 30.1 Å². The van der Waals surface area contributed by atoms with E-state index in [0.717, 1.165) is 56.0 Å². The van der Waals surface area contributed by atoms with Crippen LogP contribution in [0.15, 0.2) is 23.7 Å². The summed E-state index contributed by atoms with van der Waals surface area (Å²) in [6.07, 6.45) is 9.26. The highest BCUT2D eigenvalue weighted by Gasteiger charge is 1.97. The summed E-state index contributed by atoms with van der Waals surface area (Å²) >= 11 is 0. The smallest absolute Gasteiger partial charge is 0.188 e. The molecule has 7 nitrogen and oxygen atoms in total. The third-order valence-corrected chi connectivity index (χ3v) is 3.13. The molecule has 0 atom stereocenters. The molecule has 2 aromatic rings. The quantitative estimate of drug-likeness (QED) is 0.329. The van der Waals surface area contributed by atoms with Crippen molar-refractivity contribution in [3.8, 4) is 0 Å². The SMILES string of the molecule is Cc1ncc(CCCN=C(N)NCCCc2cnc[nH]2)[nH]1. The average molecular weight is 289 g/mol. The lowest BCUT2D eigenvalue weighted by Gasteiger charge is -2.04. The van der Waals surface area contributed by atoms with Crippen LogP contribution in [0.3, 0.4) is 0 Å². The summed E-state index contributed by atoms with van der Waals surface area (Å²) in [5.74, 6) is 1.47. The number of hydrogen-bond acceptors (Lipinski definition) is 3. The van der Waals surface area contributed by atoms with Gasteiger partial charge >= 0.3 is 0 Å². The van der Waals surface area contributed by atoms with E-state index < -0.39 is 0 Å². The molecule has 114 valence electrons. The Morgan fingerprint density at radius 2 is 2.14 bits per heavy atom. The van der Waals surface area contributed by atoms with Gasteiger partial charge in [0, 0.05) is 36.9 Å². The number of imidazole rings is 2. The largest absolute Gasteiger partial charge is 0.370 e. The van der Waals surface area contributed by atoms with E-state index in [2.05, 4.69) is 30.2 Å². The second-order valence-corrected chi connectivity index (χ2v) is 4.97. The van der Waals surface area contributed by atoms with Crippen molar-refractivity contribution in [2.45, 2.75) is 32.6 Å². The lowest BCUT2D eigenvalue weighted by Crippen LogP contribution is -2.32. The van der Waals surface area contributed by atoms with Crippen LogP contribution in [0.4, 0.5) is 0 Å². The Hall–Kier alpha value is -2.31. The molecule has 0 amide bonds. The van der Waals surface area contributed by atoms with Gasteiger partial charge in [0.1, 0.15) is 5.82 Å². The van der Waals surface area contributed by atoms with Crippen LogP contribution in [-0.2, 0) is 12.8 Å². The van der Waals surface area contributed by atoms with E-state index in [4.69, 9.17) is 5.73 Å². The molecule has 0 aromatic carbocycles. The van der Waals surface area contributed by atoms with E-state index >= 15 is 0 Å². The average Bonchev–Trinajstić information content (AvgIpc) is 3.11. The van der Waals surface area contributed by atoms with Gasteiger partial charge in [0.2, 0.25) is 0 Å². The summed E-state index contributed by atoms with van der Waals surface area (Å²) in [5.41, 5.74) is 8.10. The zero-order chi connectivity index (χ0) is 14.9. The Morgan fingerprint density at radius 3 is 2.86 bits per heavy atom. The van der Waals surface area contributed by atoms with Crippen LogP contribution in [0.2, 0.25) is 0 Å². The number of guanidine groups is 1. The van der Waals surface area contributed by atoms with Crippen molar-refractivity contribution in [1.29, 1.82) is 0 Å². The Morgan fingerprint density at radius 1 is 1.29 bits per heavy atom. The van der Waals surface area contributed by atoms with Gasteiger partial charge in [-0.1, -0.05) is 0 Å². The Balaban J connectivity index is 1.54. The maximum atomic E-state index is 5.82. The first-order chi connectivity index (χ1) is 10.2. The first kappa shape index (κ1) is 15.1. The minimum absolute atomic E-state index is 0.514. The van der Waals surface area contributed by atoms with Crippen LogP contribution in [0.5, 0.6) is 0 Å². The van der Waals surface area contributed by atoms with Gasteiger partial charge in [0.15, 0.2) is 5.96 Å². The van der Waals surface area contributed by atoms with Crippen molar-refractivity contribution in [3.63, 3.8) is 0 Å². The first-order valence-corrected chi connectivity index (χ1v) is 7.25. The molecule has 0 unspecified atom stereocenters. The van der Waals surface area contributed by atoms with Gasteiger partial charge < -0.3 is 21.0 Å². The molecule has 0 radical (unpaired) electrons. The molecule has 0 aliphatic rings. The maximum absolute atomic E-state index is 5.82. The minimum atomic E-state index is 0.514. The number of nitrogens with two attached hydrogens (primary N) is 1. The molecule has 21 heavy (non-hydrogen) atoms. The molecule has 7 heteroatoms. The van der Waals surface area contributed by atoms with Crippen LogP contribution in [0, 0.1) is 6.92 Å². The van der Waals surface area contributed by atoms with Crippen molar-refractivity contribution in [3.05, 3.63) is 35.9 Å². The first-order valence-electron chi connectivity index (χ1n) is 7.25. The van der Waals surface area contributed by atoms with Crippen molar-refractivity contribution >= 4 is 5.96 Å². The second kappa shape index (κ2) is 8.08. The molecule has 2 rings (SSSR count). The topological polar surface area (TPSA) is 108 Å². The fourth-order valence-corrected chi connectivity index (χ4v) is 2.04. The minimum Gasteiger partial charge on any atom is -0.370 e. The highest BCUT2D eigenvalue weighted by molar-refractivity contribution is 5.77. The van der Waals surface area contributed by atoms with Crippen molar-refractivity contribution < 1.29 is 0 Å². The molecule has 2 aromatic heterocycles. The number of nitrogens with one attached hydrogen (secondary N) is 3. The molecule has 5 N–H and O–H groups in total. The van der Waals surface area contributed by atoms with Gasteiger partial charge in [-0.2, -0.15) is 0 Å². The van der Waals surface area contributed by atoms with E-state index in [1.807, 2.05) is 19.3 Å². The molecule has 0 bridgehead atoms. The molecule has 0 aliphatic carbocycles. The zero-order valence-corrected chi connectivity index (χ0v) is 12.4. The van der Waals surface area contributed by atoms with Gasteiger partial charge in [-0.3, -0.25) is 4.99 Å². The van der Waals surface area contributed by atoms with Crippen LogP contribution in [-0.4, -0.2) is 39.0 Å². The van der Waals surface area contributed by atoms with E-state index in [-0.39, 0.29) is 0 Å². The summed E-state index contributed by atoms with van der Waals surface area (Å²) in [6, 6.07) is 0. The van der Waals surface area contributed by atoms with Gasteiger partial charge in [-0.15, -0.1) is 0 Å². The molecular weight excluding hydrogens is 266 g/mol. The van der Waals surface area contributed by atoms with E-state index in [1.165, 1.54) is 0 Å². The van der Waals surface area contributed by atoms with Gasteiger partial charge in [0.05, 0.1) is 6.33 Å². The third-order valence-electron chi connectivity index (χ3n) is 3.13. The fraction of sp³-hybridized carbons (Fsp3) is 0.500. The molecular formula is C14H23N7. The summed E-state index contributed by atoms with van der Waals surface area (Å²) in [4.78, 5) is 18.7. The van der Waals surface area contributed by atoms with Crippen molar-refractivity contribution in [1.82, 2.24) is 25.3 Å². The summed E-state index contributed by atoms with van der Waals surface area (Å²) in [7, 11) is 0. The number of hydrogen-bond donors (Lipinski definition) is 4. The Bertz CT molecular complexity index is 541. The van der Waals surface area contributed by atoms with Gasteiger partial charge in [-0.05, 0) is 32.6 Å². The lowest BCUT2D eigenvalue weighted by atomic mass is 10.2. The van der Waals surface area contributed by atoms with Crippen molar-refractivity contribution in [2.75, 3.05) is 13.1 Å². The van der Waals surface area contributed by atoms with Crippen molar-refractivity contribution in [2.24, 2.45) is 10.7 Å². The van der Waals surface area contributed by atoms with Crippen LogP contribution in [0.25, 0.3) is 0 Å². The molecule has 0 saturated carbocycles.